The molecule has 0 spiro atoms. The van der Waals surface area contributed by atoms with Crippen LogP contribution in [0.15, 0.2) is 0 Å². The van der Waals surface area contributed by atoms with Gasteiger partial charge in [-0.2, -0.15) is 5.10 Å². The lowest BCUT2D eigenvalue weighted by atomic mass is 10.4. The van der Waals surface area contributed by atoms with E-state index in [1.54, 1.807) is 4.68 Å². The number of rotatable bonds is 7. The Balaban J connectivity index is 2.54. The van der Waals surface area contributed by atoms with Gasteiger partial charge in [0.25, 0.3) is 0 Å². The van der Waals surface area contributed by atoms with Gasteiger partial charge in [0, 0.05) is 12.8 Å². The maximum Gasteiger partial charge on any atom is 0.327 e. The Kier molecular flexibility index (Phi) is 5.66. The van der Waals surface area contributed by atoms with E-state index >= 15 is 0 Å². The highest BCUT2D eigenvalue weighted by Gasteiger charge is 2.11. The highest BCUT2D eigenvalue weighted by atomic mass is 16.5. The molecule has 1 heterocycles. The average Bonchev–Trinajstić information content (AvgIpc) is 2.71. The van der Waals surface area contributed by atoms with E-state index in [2.05, 4.69) is 17.0 Å². The second kappa shape index (κ2) is 7.04. The van der Waals surface area contributed by atoms with Crippen LogP contribution in [0, 0.1) is 0 Å². The van der Waals surface area contributed by atoms with Gasteiger partial charge in [-0.05, 0) is 6.42 Å². The van der Waals surface area contributed by atoms with Gasteiger partial charge in [-0.25, -0.2) is 9.67 Å². The van der Waals surface area contributed by atoms with Crippen LogP contribution >= 0.6 is 0 Å². The fourth-order valence-corrected chi connectivity index (χ4v) is 1.46. The summed E-state index contributed by atoms with van der Waals surface area (Å²) >= 11 is 0. The van der Waals surface area contributed by atoms with Gasteiger partial charge < -0.3 is 4.74 Å². The molecule has 1 aromatic rings. The van der Waals surface area contributed by atoms with Gasteiger partial charge in [0.15, 0.2) is 5.82 Å². The molecule has 1 aromatic heterocycles. The van der Waals surface area contributed by atoms with Crippen LogP contribution < -0.4 is 0 Å². The Morgan fingerprint density at radius 1 is 1.29 bits per heavy atom. The molecule has 0 aliphatic rings. The average molecular weight is 239 g/mol. The van der Waals surface area contributed by atoms with E-state index in [0.717, 1.165) is 37.3 Å². The molecule has 5 heteroatoms. The normalized spacial score (nSPS) is 10.5. The van der Waals surface area contributed by atoms with Crippen molar-refractivity contribution < 1.29 is 9.53 Å². The van der Waals surface area contributed by atoms with Crippen LogP contribution in [0.5, 0.6) is 0 Å². The first-order valence-corrected chi connectivity index (χ1v) is 6.29. The quantitative estimate of drug-likeness (QED) is 0.537. The summed E-state index contributed by atoms with van der Waals surface area (Å²) in [5.41, 5.74) is 0. The zero-order chi connectivity index (χ0) is 12.7. The van der Waals surface area contributed by atoms with E-state index in [1.165, 1.54) is 0 Å². The van der Waals surface area contributed by atoms with Gasteiger partial charge in [0.1, 0.15) is 12.4 Å². The van der Waals surface area contributed by atoms with Crippen molar-refractivity contribution in [2.75, 3.05) is 6.61 Å². The summed E-state index contributed by atoms with van der Waals surface area (Å²) in [6.07, 6.45) is 3.49. The van der Waals surface area contributed by atoms with E-state index < -0.39 is 0 Å². The minimum atomic E-state index is -0.235. The molecular weight excluding hydrogens is 218 g/mol. The lowest BCUT2D eigenvalue weighted by Gasteiger charge is -2.05. The molecule has 0 unspecified atom stereocenters. The van der Waals surface area contributed by atoms with Gasteiger partial charge in [0.2, 0.25) is 0 Å². The predicted molar refractivity (Wildman–Crippen MR) is 64.6 cm³/mol. The third kappa shape index (κ3) is 4.17. The summed E-state index contributed by atoms with van der Waals surface area (Å²) in [5, 5.41) is 4.27. The second-order valence-corrected chi connectivity index (χ2v) is 3.88. The van der Waals surface area contributed by atoms with Crippen LogP contribution in [0.2, 0.25) is 0 Å². The summed E-state index contributed by atoms with van der Waals surface area (Å²) in [6, 6.07) is 0. The zero-order valence-electron chi connectivity index (χ0n) is 10.9. The Labute approximate surface area is 102 Å². The molecular formula is C12H21N3O2. The largest absolute Gasteiger partial charge is 0.464 e. The second-order valence-electron chi connectivity index (χ2n) is 3.88. The molecule has 0 aliphatic carbocycles. The lowest BCUT2D eigenvalue weighted by molar-refractivity contribution is -0.144. The first-order chi connectivity index (χ1) is 8.21. The predicted octanol–water partition coefficient (Wildman–Crippen LogP) is 1.75. The smallest absolute Gasteiger partial charge is 0.327 e. The molecule has 0 N–H and O–H groups in total. The number of ether oxygens (including phenoxy) is 1. The van der Waals surface area contributed by atoms with Gasteiger partial charge in [-0.1, -0.05) is 27.2 Å². The lowest BCUT2D eigenvalue weighted by Crippen LogP contribution is -2.17. The van der Waals surface area contributed by atoms with E-state index in [-0.39, 0.29) is 12.5 Å². The Bertz CT molecular complexity index is 361. The minimum absolute atomic E-state index is 0.167. The number of aromatic nitrogens is 3. The highest BCUT2D eigenvalue weighted by molar-refractivity contribution is 5.69. The van der Waals surface area contributed by atoms with Crippen molar-refractivity contribution in [3.05, 3.63) is 11.6 Å². The molecule has 0 atom stereocenters. The number of hydrogen-bond acceptors (Lipinski definition) is 4. The number of carbonyl (C=O) groups excluding carboxylic acids is 1. The SMILES string of the molecule is CCCCOC(=O)Cn1nc(CC)nc1CC. The van der Waals surface area contributed by atoms with Crippen molar-refractivity contribution in [1.82, 2.24) is 14.8 Å². The van der Waals surface area contributed by atoms with Crippen molar-refractivity contribution in [3.63, 3.8) is 0 Å². The molecule has 0 saturated carbocycles. The fourth-order valence-electron chi connectivity index (χ4n) is 1.46. The van der Waals surface area contributed by atoms with Crippen LogP contribution in [0.3, 0.4) is 0 Å². The molecule has 0 bridgehead atoms. The Morgan fingerprint density at radius 2 is 2.06 bits per heavy atom. The Hall–Kier alpha value is -1.39. The van der Waals surface area contributed by atoms with Crippen molar-refractivity contribution in [3.8, 4) is 0 Å². The van der Waals surface area contributed by atoms with Crippen LogP contribution in [-0.2, 0) is 28.9 Å². The summed E-state index contributed by atoms with van der Waals surface area (Å²) in [6.45, 7) is 6.72. The molecule has 1 rings (SSSR count). The van der Waals surface area contributed by atoms with Crippen molar-refractivity contribution in [2.45, 2.75) is 53.0 Å². The molecule has 0 fully saturated rings. The number of esters is 1. The first kappa shape index (κ1) is 13.7. The van der Waals surface area contributed by atoms with Crippen LogP contribution in [0.1, 0.15) is 45.3 Å². The van der Waals surface area contributed by atoms with Gasteiger partial charge >= 0.3 is 5.97 Å². The van der Waals surface area contributed by atoms with Gasteiger partial charge in [0.05, 0.1) is 6.61 Å². The summed E-state index contributed by atoms with van der Waals surface area (Å²) in [7, 11) is 0. The summed E-state index contributed by atoms with van der Waals surface area (Å²) < 4.78 is 6.75. The highest BCUT2D eigenvalue weighted by Crippen LogP contribution is 2.01. The number of unbranched alkanes of at least 4 members (excludes halogenated alkanes) is 1. The molecule has 0 radical (unpaired) electrons. The maximum atomic E-state index is 11.5. The number of aryl methyl sites for hydroxylation is 2. The van der Waals surface area contributed by atoms with Crippen molar-refractivity contribution in [1.29, 1.82) is 0 Å². The zero-order valence-corrected chi connectivity index (χ0v) is 10.9. The molecule has 0 amide bonds. The van der Waals surface area contributed by atoms with Gasteiger partial charge in [-0.3, -0.25) is 4.79 Å². The van der Waals surface area contributed by atoms with Crippen molar-refractivity contribution in [2.24, 2.45) is 0 Å². The minimum Gasteiger partial charge on any atom is -0.464 e. The van der Waals surface area contributed by atoms with E-state index in [1.807, 2.05) is 13.8 Å². The molecule has 17 heavy (non-hydrogen) atoms. The first-order valence-electron chi connectivity index (χ1n) is 6.29. The summed E-state index contributed by atoms with van der Waals surface area (Å²) in [5.74, 6) is 1.39. The van der Waals surface area contributed by atoms with Crippen molar-refractivity contribution >= 4 is 5.97 Å². The number of nitrogens with zero attached hydrogens (tertiary/aromatic N) is 3. The topological polar surface area (TPSA) is 57.0 Å². The fraction of sp³-hybridized carbons (Fsp3) is 0.750. The molecule has 0 saturated heterocycles. The molecule has 96 valence electrons. The third-order valence-electron chi connectivity index (χ3n) is 2.46. The number of hydrogen-bond donors (Lipinski definition) is 0. The third-order valence-corrected chi connectivity index (χ3v) is 2.46. The maximum absolute atomic E-state index is 11.5. The number of carbonyl (C=O) groups is 1. The standard InChI is InChI=1S/C12H21N3O2/c1-4-7-8-17-12(16)9-15-11(6-3)13-10(5-2)14-15/h4-9H2,1-3H3. The van der Waals surface area contributed by atoms with Crippen LogP contribution in [-0.4, -0.2) is 27.3 Å². The van der Waals surface area contributed by atoms with Crippen LogP contribution in [0.4, 0.5) is 0 Å². The van der Waals surface area contributed by atoms with E-state index in [9.17, 15) is 4.79 Å². The van der Waals surface area contributed by atoms with Crippen LogP contribution in [0.25, 0.3) is 0 Å². The molecule has 5 nitrogen and oxygen atoms in total. The molecule has 0 aromatic carbocycles. The monoisotopic (exact) mass is 239 g/mol. The molecule has 0 aliphatic heterocycles. The van der Waals surface area contributed by atoms with E-state index in [0.29, 0.717) is 6.61 Å². The van der Waals surface area contributed by atoms with E-state index in [4.69, 9.17) is 4.74 Å². The van der Waals surface area contributed by atoms with Gasteiger partial charge in [-0.15, -0.1) is 0 Å². The summed E-state index contributed by atoms with van der Waals surface area (Å²) in [4.78, 5) is 15.9. The Morgan fingerprint density at radius 3 is 2.65 bits per heavy atom.